The summed E-state index contributed by atoms with van der Waals surface area (Å²) < 4.78 is 24.5. The molecule has 2 aromatic rings. The largest absolute Gasteiger partial charge is 0.496 e. The van der Waals surface area contributed by atoms with Crippen molar-refractivity contribution in [2.45, 2.75) is 12.5 Å². The summed E-state index contributed by atoms with van der Waals surface area (Å²) in [5.41, 5.74) is 1.42. The molecule has 4 rings (SSSR count). The number of methoxy groups -OCH3 is 2. The highest BCUT2D eigenvalue weighted by Crippen LogP contribution is 2.46. The van der Waals surface area contributed by atoms with Gasteiger partial charge in [0.25, 0.3) is 5.91 Å². The summed E-state index contributed by atoms with van der Waals surface area (Å²) in [7, 11) is 3.24. The topological polar surface area (TPSA) is 42.0 Å². The van der Waals surface area contributed by atoms with Gasteiger partial charge in [-0.15, -0.1) is 0 Å². The summed E-state index contributed by atoms with van der Waals surface area (Å²) in [4.78, 5) is 17.9. The second-order valence-corrected chi connectivity index (χ2v) is 8.19. The molecule has 1 amide bonds. The SMILES string of the molecule is COCCCN1C[C@H]2CN(C(=O)c3cc(F)ccc3OC)[C@H](c3ccccc3)[C@H]2C1. The van der Waals surface area contributed by atoms with Gasteiger partial charge in [-0.1, -0.05) is 30.3 Å². The van der Waals surface area contributed by atoms with E-state index < -0.39 is 5.82 Å². The molecule has 0 spiro atoms. The molecule has 2 heterocycles. The van der Waals surface area contributed by atoms with Crippen LogP contribution in [0.2, 0.25) is 0 Å². The Morgan fingerprint density at radius 3 is 2.63 bits per heavy atom. The van der Waals surface area contributed by atoms with Crippen LogP contribution in [-0.2, 0) is 4.74 Å². The van der Waals surface area contributed by atoms with Crippen molar-refractivity contribution in [2.24, 2.45) is 11.8 Å². The summed E-state index contributed by atoms with van der Waals surface area (Å²) in [6, 6.07) is 14.3. The first-order chi connectivity index (χ1) is 14.6. The first-order valence-corrected chi connectivity index (χ1v) is 10.5. The Bertz CT molecular complexity index is 876. The van der Waals surface area contributed by atoms with Gasteiger partial charge in [-0.2, -0.15) is 0 Å². The third-order valence-corrected chi connectivity index (χ3v) is 6.36. The maximum Gasteiger partial charge on any atom is 0.258 e. The van der Waals surface area contributed by atoms with Crippen molar-refractivity contribution in [3.63, 3.8) is 0 Å². The number of carbonyl (C=O) groups is 1. The normalized spacial score (nSPS) is 23.6. The van der Waals surface area contributed by atoms with Crippen LogP contribution < -0.4 is 4.74 Å². The van der Waals surface area contributed by atoms with E-state index in [1.807, 2.05) is 23.1 Å². The summed E-state index contributed by atoms with van der Waals surface area (Å²) in [6.07, 6.45) is 1.01. The lowest BCUT2D eigenvalue weighted by Gasteiger charge is -2.30. The minimum Gasteiger partial charge on any atom is -0.496 e. The molecule has 5 nitrogen and oxygen atoms in total. The van der Waals surface area contributed by atoms with E-state index in [1.54, 1.807) is 7.11 Å². The van der Waals surface area contributed by atoms with Crippen LogP contribution in [0.3, 0.4) is 0 Å². The van der Waals surface area contributed by atoms with Crippen LogP contribution >= 0.6 is 0 Å². The fraction of sp³-hybridized carbons (Fsp3) is 0.458. The zero-order valence-electron chi connectivity index (χ0n) is 17.6. The molecule has 6 heteroatoms. The van der Waals surface area contributed by atoms with Crippen LogP contribution in [0.1, 0.15) is 28.4 Å². The Hall–Kier alpha value is -2.44. The van der Waals surface area contributed by atoms with Crippen molar-refractivity contribution in [2.75, 3.05) is 47.0 Å². The monoisotopic (exact) mass is 412 g/mol. The molecule has 0 aromatic heterocycles. The minimum absolute atomic E-state index is 0.0240. The smallest absolute Gasteiger partial charge is 0.258 e. The van der Waals surface area contributed by atoms with Crippen LogP contribution in [0.25, 0.3) is 0 Å². The average Bonchev–Trinajstić information content (AvgIpc) is 3.31. The molecule has 0 aliphatic carbocycles. The molecule has 160 valence electrons. The van der Waals surface area contributed by atoms with Gasteiger partial charge in [0.2, 0.25) is 0 Å². The zero-order chi connectivity index (χ0) is 21.1. The van der Waals surface area contributed by atoms with Gasteiger partial charge in [-0.05, 0) is 36.1 Å². The molecular formula is C24H29FN2O3. The number of rotatable bonds is 7. The van der Waals surface area contributed by atoms with E-state index in [2.05, 4.69) is 17.0 Å². The maximum absolute atomic E-state index is 13.9. The van der Waals surface area contributed by atoms with Gasteiger partial charge in [0, 0.05) is 45.8 Å². The van der Waals surface area contributed by atoms with E-state index in [0.717, 1.165) is 38.2 Å². The lowest BCUT2D eigenvalue weighted by Crippen LogP contribution is -2.36. The van der Waals surface area contributed by atoms with Crippen LogP contribution in [-0.4, -0.2) is 62.7 Å². The van der Waals surface area contributed by atoms with Crippen LogP contribution in [0.15, 0.2) is 48.5 Å². The van der Waals surface area contributed by atoms with E-state index in [0.29, 0.717) is 24.1 Å². The number of benzene rings is 2. The standard InChI is InChI=1S/C24H29FN2O3/c1-29-12-6-11-26-14-18-15-27(23(21(18)16-26)17-7-4-3-5-8-17)24(28)20-13-19(25)9-10-22(20)30-2/h3-5,7-10,13,18,21,23H,6,11-12,14-16H2,1-2H3/t18-,21-,23+/m0/s1. The molecule has 2 aromatic carbocycles. The molecular weight excluding hydrogens is 383 g/mol. The number of carbonyl (C=O) groups excluding carboxylic acids is 1. The minimum atomic E-state index is -0.431. The first kappa shape index (κ1) is 20.8. The molecule has 2 aliphatic heterocycles. The van der Waals surface area contributed by atoms with Crippen molar-refractivity contribution in [3.05, 3.63) is 65.5 Å². The summed E-state index contributed by atoms with van der Waals surface area (Å²) in [5, 5.41) is 0. The fourth-order valence-electron chi connectivity index (χ4n) is 5.04. The molecule has 0 bridgehead atoms. The number of hydrogen-bond donors (Lipinski definition) is 0. The number of amides is 1. The van der Waals surface area contributed by atoms with E-state index in [-0.39, 0.29) is 17.5 Å². The Morgan fingerprint density at radius 1 is 1.10 bits per heavy atom. The Balaban J connectivity index is 1.61. The lowest BCUT2D eigenvalue weighted by molar-refractivity contribution is 0.0695. The van der Waals surface area contributed by atoms with Gasteiger partial charge < -0.3 is 19.3 Å². The molecule has 2 fully saturated rings. The van der Waals surface area contributed by atoms with Crippen molar-refractivity contribution in [3.8, 4) is 5.75 Å². The number of ether oxygens (including phenoxy) is 2. The number of hydrogen-bond acceptors (Lipinski definition) is 4. The number of likely N-dealkylation sites (tertiary alicyclic amines) is 2. The number of nitrogens with zero attached hydrogens (tertiary/aromatic N) is 2. The lowest BCUT2D eigenvalue weighted by atomic mass is 9.89. The molecule has 0 N–H and O–H groups in total. The quantitative estimate of drug-likeness (QED) is 0.652. The van der Waals surface area contributed by atoms with Crippen molar-refractivity contribution >= 4 is 5.91 Å². The van der Waals surface area contributed by atoms with E-state index in [9.17, 15) is 9.18 Å². The van der Waals surface area contributed by atoms with Gasteiger partial charge in [0.05, 0.1) is 18.7 Å². The third kappa shape index (κ3) is 4.07. The second kappa shape index (κ2) is 9.14. The maximum atomic E-state index is 13.9. The third-order valence-electron chi connectivity index (χ3n) is 6.36. The highest BCUT2D eigenvalue weighted by molar-refractivity contribution is 5.97. The van der Waals surface area contributed by atoms with Crippen LogP contribution in [0.4, 0.5) is 4.39 Å². The first-order valence-electron chi connectivity index (χ1n) is 10.5. The molecule has 0 radical (unpaired) electrons. The van der Waals surface area contributed by atoms with Crippen molar-refractivity contribution in [1.29, 1.82) is 0 Å². The second-order valence-electron chi connectivity index (χ2n) is 8.19. The van der Waals surface area contributed by atoms with Crippen LogP contribution in [0.5, 0.6) is 5.75 Å². The molecule has 3 atom stereocenters. The Kier molecular flexibility index (Phi) is 6.35. The summed E-state index contributed by atoms with van der Waals surface area (Å²) in [6.45, 7) is 4.37. The van der Waals surface area contributed by atoms with Crippen LogP contribution in [0, 0.1) is 17.7 Å². The summed E-state index contributed by atoms with van der Waals surface area (Å²) >= 11 is 0. The van der Waals surface area contributed by atoms with Gasteiger partial charge >= 0.3 is 0 Å². The highest BCUT2D eigenvalue weighted by Gasteiger charge is 2.49. The van der Waals surface area contributed by atoms with Gasteiger partial charge in [-0.3, -0.25) is 4.79 Å². The average molecular weight is 413 g/mol. The van der Waals surface area contributed by atoms with Gasteiger partial charge in [0.1, 0.15) is 11.6 Å². The fourth-order valence-corrected chi connectivity index (χ4v) is 5.04. The predicted octanol–water partition coefficient (Wildman–Crippen LogP) is 3.62. The van der Waals surface area contributed by atoms with E-state index in [1.165, 1.54) is 25.3 Å². The molecule has 2 aliphatic rings. The highest BCUT2D eigenvalue weighted by atomic mass is 19.1. The van der Waals surface area contributed by atoms with E-state index >= 15 is 0 Å². The van der Waals surface area contributed by atoms with Crippen molar-refractivity contribution in [1.82, 2.24) is 9.80 Å². The molecule has 2 saturated heterocycles. The summed E-state index contributed by atoms with van der Waals surface area (Å²) in [5.74, 6) is 0.575. The number of halogens is 1. The predicted molar refractivity (Wildman–Crippen MR) is 113 cm³/mol. The molecule has 0 unspecified atom stereocenters. The Labute approximate surface area is 177 Å². The molecule has 0 saturated carbocycles. The number of fused-ring (bicyclic) bond motifs is 1. The molecule has 30 heavy (non-hydrogen) atoms. The van der Waals surface area contributed by atoms with Gasteiger partial charge in [-0.25, -0.2) is 4.39 Å². The Morgan fingerprint density at radius 2 is 1.90 bits per heavy atom. The zero-order valence-corrected chi connectivity index (χ0v) is 17.6. The van der Waals surface area contributed by atoms with Gasteiger partial charge in [0.15, 0.2) is 0 Å². The van der Waals surface area contributed by atoms with Crippen molar-refractivity contribution < 1.29 is 18.7 Å². The van der Waals surface area contributed by atoms with E-state index in [4.69, 9.17) is 9.47 Å².